The summed E-state index contributed by atoms with van der Waals surface area (Å²) in [4.78, 5) is 13.9. The molecule has 1 aromatic rings. The predicted octanol–water partition coefficient (Wildman–Crippen LogP) is 1.81. The van der Waals surface area contributed by atoms with Crippen molar-refractivity contribution in [3.05, 3.63) is 27.0 Å². The molecule has 0 radical (unpaired) electrons. The minimum absolute atomic E-state index is 0.0551. The molecule has 15 heavy (non-hydrogen) atoms. The van der Waals surface area contributed by atoms with Crippen LogP contribution in [0.1, 0.15) is 0 Å². The molecule has 1 rings (SSSR count). The van der Waals surface area contributed by atoms with E-state index in [2.05, 4.69) is 26.2 Å². The average Bonchev–Trinajstić information content (AvgIpc) is 2.20. The second kappa shape index (κ2) is 5.62. The number of methoxy groups -OCH3 is 1. The monoisotopic (exact) mass is 275 g/mol. The lowest BCUT2D eigenvalue weighted by atomic mass is 10.3. The van der Waals surface area contributed by atoms with Crippen molar-refractivity contribution in [2.24, 2.45) is 0 Å². The van der Waals surface area contributed by atoms with E-state index in [0.29, 0.717) is 23.3 Å². The number of nitrogens with one attached hydrogen (secondary N) is 1. The van der Waals surface area contributed by atoms with Crippen molar-refractivity contribution in [3.63, 3.8) is 0 Å². The number of halogens is 1. The third-order valence-electron chi connectivity index (χ3n) is 1.68. The smallest absolute Gasteiger partial charge is 0.311 e. The molecule has 0 aliphatic heterocycles. The van der Waals surface area contributed by atoms with Crippen LogP contribution in [0.3, 0.4) is 0 Å². The van der Waals surface area contributed by atoms with Crippen molar-refractivity contribution in [3.8, 4) is 0 Å². The standard InChI is InChI=1S/C8H10BrN3O3/c1-15-3-2-11-8-6(9)4-10-5-7(8)12(13)14/h4-5H,2-3H2,1H3,(H,10,11). The maximum Gasteiger partial charge on any atom is 0.311 e. The number of ether oxygens (including phenoxy) is 1. The molecule has 0 amide bonds. The van der Waals surface area contributed by atoms with Gasteiger partial charge < -0.3 is 10.1 Å². The molecule has 0 saturated heterocycles. The average molecular weight is 276 g/mol. The van der Waals surface area contributed by atoms with Gasteiger partial charge in [-0.15, -0.1) is 0 Å². The largest absolute Gasteiger partial charge is 0.383 e. The van der Waals surface area contributed by atoms with Gasteiger partial charge in [-0.05, 0) is 15.9 Å². The van der Waals surface area contributed by atoms with E-state index in [4.69, 9.17) is 4.74 Å². The molecule has 6 nitrogen and oxygen atoms in total. The van der Waals surface area contributed by atoms with Gasteiger partial charge in [0.1, 0.15) is 11.9 Å². The zero-order valence-corrected chi connectivity index (χ0v) is 9.65. The molecule has 0 spiro atoms. The van der Waals surface area contributed by atoms with Crippen molar-refractivity contribution in [2.45, 2.75) is 0 Å². The molecule has 0 aliphatic carbocycles. The highest BCUT2D eigenvalue weighted by molar-refractivity contribution is 9.10. The molecule has 1 aromatic heterocycles. The van der Waals surface area contributed by atoms with Gasteiger partial charge in [-0.2, -0.15) is 0 Å². The lowest BCUT2D eigenvalue weighted by Gasteiger charge is -2.07. The summed E-state index contributed by atoms with van der Waals surface area (Å²) in [6.07, 6.45) is 2.71. The van der Waals surface area contributed by atoms with Crippen LogP contribution in [0.2, 0.25) is 0 Å². The summed E-state index contributed by atoms with van der Waals surface area (Å²) in [7, 11) is 1.57. The number of hydrogen-bond acceptors (Lipinski definition) is 5. The van der Waals surface area contributed by atoms with Crippen LogP contribution in [0, 0.1) is 10.1 Å². The quantitative estimate of drug-likeness (QED) is 0.504. The molecule has 1 heterocycles. The second-order valence-electron chi connectivity index (χ2n) is 2.69. The molecule has 0 bridgehead atoms. The number of nitrogens with zero attached hydrogens (tertiary/aromatic N) is 2. The highest BCUT2D eigenvalue weighted by Crippen LogP contribution is 2.30. The first-order valence-corrected chi connectivity index (χ1v) is 4.96. The SMILES string of the molecule is COCCNc1c(Br)cncc1[N+](=O)[O-]. The Kier molecular flexibility index (Phi) is 4.44. The lowest BCUT2D eigenvalue weighted by Crippen LogP contribution is -2.09. The molecule has 0 aromatic carbocycles. The minimum atomic E-state index is -0.479. The molecular weight excluding hydrogens is 266 g/mol. The first-order valence-electron chi connectivity index (χ1n) is 4.17. The van der Waals surface area contributed by atoms with E-state index in [0.717, 1.165) is 0 Å². The molecule has 0 atom stereocenters. The van der Waals surface area contributed by atoms with E-state index in [-0.39, 0.29) is 5.69 Å². The van der Waals surface area contributed by atoms with E-state index in [1.54, 1.807) is 7.11 Å². The Labute approximate surface area is 94.9 Å². The fraction of sp³-hybridized carbons (Fsp3) is 0.375. The van der Waals surface area contributed by atoms with E-state index in [1.807, 2.05) is 0 Å². The van der Waals surface area contributed by atoms with Crippen molar-refractivity contribution in [1.29, 1.82) is 0 Å². The third kappa shape index (κ3) is 3.14. The molecule has 7 heteroatoms. The Morgan fingerprint density at radius 3 is 3.00 bits per heavy atom. The van der Waals surface area contributed by atoms with Gasteiger partial charge in [0, 0.05) is 19.9 Å². The van der Waals surface area contributed by atoms with Crippen LogP contribution >= 0.6 is 15.9 Å². The predicted molar refractivity (Wildman–Crippen MR) is 59.0 cm³/mol. The van der Waals surface area contributed by atoms with Gasteiger partial charge in [0.15, 0.2) is 0 Å². The zero-order chi connectivity index (χ0) is 11.3. The van der Waals surface area contributed by atoms with Crippen LogP contribution < -0.4 is 5.32 Å². The van der Waals surface area contributed by atoms with Crippen LogP contribution in [0.25, 0.3) is 0 Å². The van der Waals surface area contributed by atoms with E-state index in [9.17, 15) is 10.1 Å². The molecule has 0 aliphatic rings. The van der Waals surface area contributed by atoms with Crippen LogP contribution in [0.15, 0.2) is 16.9 Å². The van der Waals surface area contributed by atoms with Crippen LogP contribution in [0.5, 0.6) is 0 Å². The number of nitro groups is 1. The van der Waals surface area contributed by atoms with Crippen molar-refractivity contribution in [1.82, 2.24) is 4.98 Å². The van der Waals surface area contributed by atoms with Gasteiger partial charge >= 0.3 is 5.69 Å². The van der Waals surface area contributed by atoms with E-state index < -0.39 is 4.92 Å². The summed E-state index contributed by atoms with van der Waals surface area (Å²) in [5.74, 6) is 0. The van der Waals surface area contributed by atoms with Gasteiger partial charge in [0.05, 0.1) is 16.0 Å². The maximum absolute atomic E-state index is 10.7. The molecule has 0 saturated carbocycles. The fourth-order valence-corrected chi connectivity index (χ4v) is 1.48. The van der Waals surface area contributed by atoms with Gasteiger partial charge in [0.2, 0.25) is 0 Å². The Balaban J connectivity index is 2.87. The summed E-state index contributed by atoms with van der Waals surface area (Å²) < 4.78 is 5.40. The first kappa shape index (κ1) is 11.9. The Bertz CT molecular complexity index is 359. The van der Waals surface area contributed by atoms with Gasteiger partial charge in [0.25, 0.3) is 0 Å². The van der Waals surface area contributed by atoms with Gasteiger partial charge in [-0.1, -0.05) is 0 Å². The normalized spacial score (nSPS) is 10.0. The minimum Gasteiger partial charge on any atom is -0.383 e. The fourth-order valence-electron chi connectivity index (χ4n) is 1.02. The van der Waals surface area contributed by atoms with Gasteiger partial charge in [-0.3, -0.25) is 15.1 Å². The summed E-state index contributed by atoms with van der Waals surface area (Å²) in [6, 6.07) is 0. The lowest BCUT2D eigenvalue weighted by molar-refractivity contribution is -0.384. The van der Waals surface area contributed by atoms with E-state index in [1.165, 1.54) is 12.4 Å². The van der Waals surface area contributed by atoms with Crippen molar-refractivity contribution in [2.75, 3.05) is 25.6 Å². The van der Waals surface area contributed by atoms with Crippen LogP contribution in [-0.4, -0.2) is 30.2 Å². The first-order chi connectivity index (χ1) is 7.16. The summed E-state index contributed by atoms with van der Waals surface area (Å²) >= 11 is 3.20. The molecule has 82 valence electrons. The van der Waals surface area contributed by atoms with Crippen LogP contribution in [0.4, 0.5) is 11.4 Å². The summed E-state index contributed by atoms with van der Waals surface area (Å²) in [5.41, 5.74) is 0.368. The number of rotatable bonds is 5. The zero-order valence-electron chi connectivity index (χ0n) is 8.07. The van der Waals surface area contributed by atoms with Crippen LogP contribution in [-0.2, 0) is 4.74 Å². The summed E-state index contributed by atoms with van der Waals surface area (Å²) in [6.45, 7) is 0.978. The maximum atomic E-state index is 10.7. The van der Waals surface area contributed by atoms with E-state index >= 15 is 0 Å². The number of hydrogen-bond donors (Lipinski definition) is 1. The number of aromatic nitrogens is 1. The summed E-state index contributed by atoms with van der Waals surface area (Å²) in [5, 5.41) is 13.6. The van der Waals surface area contributed by atoms with Gasteiger partial charge in [-0.25, -0.2) is 0 Å². The second-order valence-corrected chi connectivity index (χ2v) is 3.55. The highest BCUT2D eigenvalue weighted by atomic mass is 79.9. The molecule has 0 unspecified atom stereocenters. The molecular formula is C8H10BrN3O3. The molecule has 1 N–H and O–H groups in total. The molecule has 0 fully saturated rings. The Hall–Kier alpha value is -1.21. The number of anilines is 1. The number of pyridine rings is 1. The third-order valence-corrected chi connectivity index (χ3v) is 2.29. The Morgan fingerprint density at radius 2 is 2.40 bits per heavy atom. The topological polar surface area (TPSA) is 77.3 Å². The Morgan fingerprint density at radius 1 is 1.67 bits per heavy atom. The van der Waals surface area contributed by atoms with Crippen molar-refractivity contribution < 1.29 is 9.66 Å². The van der Waals surface area contributed by atoms with Crippen molar-refractivity contribution >= 4 is 27.3 Å². The highest BCUT2D eigenvalue weighted by Gasteiger charge is 2.16.